The first-order valence-corrected chi connectivity index (χ1v) is 15.1. The van der Waals surface area contributed by atoms with E-state index in [1.165, 1.54) is 43.3 Å². The second-order valence-electron chi connectivity index (χ2n) is 9.99. The fraction of sp³-hybridized carbons (Fsp3) is 0.219. The van der Waals surface area contributed by atoms with Crippen molar-refractivity contribution in [3.8, 4) is 0 Å². The van der Waals surface area contributed by atoms with Crippen LogP contribution in [0.1, 0.15) is 48.9 Å². The van der Waals surface area contributed by atoms with E-state index in [2.05, 4.69) is 5.32 Å². The third-order valence-electron chi connectivity index (χ3n) is 7.02. The SMILES string of the molecule is CC(CNC(=O)CCc1cc(F)ccc1[C@@H](C)N(c1cc(F)ccc1F)S(=O)(=O)c1ccc(Cl)cc1)c1ccccc1. The Bertz CT molecular complexity index is 1650. The molecule has 1 N–H and O–H groups in total. The zero-order chi connectivity index (χ0) is 30.4. The minimum absolute atomic E-state index is 0.00292. The summed E-state index contributed by atoms with van der Waals surface area (Å²) in [6.07, 6.45) is 0.0897. The number of rotatable bonds is 11. The van der Waals surface area contributed by atoms with Crippen LogP contribution < -0.4 is 9.62 Å². The van der Waals surface area contributed by atoms with Gasteiger partial charge in [-0.15, -0.1) is 0 Å². The summed E-state index contributed by atoms with van der Waals surface area (Å²) in [4.78, 5) is 12.5. The second kappa shape index (κ2) is 13.4. The van der Waals surface area contributed by atoms with E-state index in [1.807, 2.05) is 37.3 Å². The molecule has 4 rings (SSSR count). The lowest BCUT2D eigenvalue weighted by atomic mass is 9.97. The maximum atomic E-state index is 15.1. The standard InChI is InChI=1S/C32H30ClF3N2O3S/c1-21(23-6-4-3-5-7-23)20-37-32(39)17-8-24-18-26(34)11-15-29(24)22(2)38(31-19-27(35)12-16-30(31)36)42(40,41)28-13-9-25(33)10-14-28/h3-7,9-16,18-19,21-22H,8,17,20H2,1-2H3,(H,37,39)/t21?,22-/m1/s1. The molecular weight excluding hydrogens is 585 g/mol. The van der Waals surface area contributed by atoms with E-state index < -0.39 is 39.2 Å². The number of amides is 1. The molecule has 0 saturated carbocycles. The Balaban J connectivity index is 1.63. The predicted molar refractivity (Wildman–Crippen MR) is 158 cm³/mol. The third-order valence-corrected chi connectivity index (χ3v) is 9.17. The molecule has 0 fully saturated rings. The number of hydrogen-bond donors (Lipinski definition) is 1. The summed E-state index contributed by atoms with van der Waals surface area (Å²) in [5.74, 6) is -2.56. The topological polar surface area (TPSA) is 66.5 Å². The van der Waals surface area contributed by atoms with E-state index in [-0.39, 0.29) is 29.6 Å². The van der Waals surface area contributed by atoms with Crippen LogP contribution in [0.3, 0.4) is 0 Å². The Hall–Kier alpha value is -3.82. The highest BCUT2D eigenvalue weighted by molar-refractivity contribution is 7.92. The summed E-state index contributed by atoms with van der Waals surface area (Å²) in [6.45, 7) is 3.89. The molecule has 0 aliphatic heterocycles. The van der Waals surface area contributed by atoms with Gasteiger partial charge in [-0.05, 0) is 84.5 Å². The highest BCUT2D eigenvalue weighted by atomic mass is 35.5. The molecule has 5 nitrogen and oxygen atoms in total. The summed E-state index contributed by atoms with van der Waals surface area (Å²) >= 11 is 5.94. The number of sulfonamides is 1. The number of benzene rings is 4. The van der Waals surface area contributed by atoms with Crippen LogP contribution in [0.4, 0.5) is 18.9 Å². The molecule has 0 aliphatic carbocycles. The van der Waals surface area contributed by atoms with Gasteiger partial charge in [0.15, 0.2) is 0 Å². The van der Waals surface area contributed by atoms with Crippen molar-refractivity contribution in [3.63, 3.8) is 0 Å². The van der Waals surface area contributed by atoms with Gasteiger partial charge in [-0.25, -0.2) is 21.6 Å². The quantitative estimate of drug-likeness (QED) is 0.190. The Labute approximate surface area is 249 Å². The first-order chi connectivity index (χ1) is 20.0. The Morgan fingerprint density at radius 3 is 2.21 bits per heavy atom. The summed E-state index contributed by atoms with van der Waals surface area (Å²) in [5, 5.41) is 3.18. The predicted octanol–water partition coefficient (Wildman–Crippen LogP) is 7.57. The van der Waals surface area contributed by atoms with Crippen molar-refractivity contribution in [2.75, 3.05) is 10.8 Å². The molecule has 42 heavy (non-hydrogen) atoms. The Morgan fingerprint density at radius 1 is 0.881 bits per heavy atom. The fourth-order valence-corrected chi connectivity index (χ4v) is 6.51. The van der Waals surface area contributed by atoms with Gasteiger partial charge in [-0.1, -0.05) is 54.9 Å². The van der Waals surface area contributed by atoms with Crippen LogP contribution in [-0.4, -0.2) is 20.9 Å². The van der Waals surface area contributed by atoms with Gasteiger partial charge in [-0.3, -0.25) is 9.10 Å². The molecular formula is C32H30ClF3N2O3S. The van der Waals surface area contributed by atoms with E-state index >= 15 is 4.39 Å². The summed E-state index contributed by atoms with van der Waals surface area (Å²) in [5.41, 5.74) is 1.26. The van der Waals surface area contributed by atoms with Crippen molar-refractivity contribution >= 4 is 33.2 Å². The first-order valence-electron chi connectivity index (χ1n) is 13.3. The lowest BCUT2D eigenvalue weighted by molar-refractivity contribution is -0.121. The van der Waals surface area contributed by atoms with E-state index in [4.69, 9.17) is 11.6 Å². The lowest BCUT2D eigenvalue weighted by Crippen LogP contribution is -2.35. The van der Waals surface area contributed by atoms with Crippen LogP contribution in [0.25, 0.3) is 0 Å². The Kier molecular flexibility index (Phi) is 9.96. The zero-order valence-corrected chi connectivity index (χ0v) is 24.6. The molecule has 0 spiro atoms. The average molecular weight is 615 g/mol. The number of nitrogens with one attached hydrogen (secondary N) is 1. The molecule has 0 bridgehead atoms. The molecule has 4 aromatic carbocycles. The molecule has 0 heterocycles. The largest absolute Gasteiger partial charge is 0.355 e. The van der Waals surface area contributed by atoms with Gasteiger partial charge < -0.3 is 5.32 Å². The molecule has 1 amide bonds. The van der Waals surface area contributed by atoms with Gasteiger partial charge in [0.05, 0.1) is 16.6 Å². The van der Waals surface area contributed by atoms with Crippen LogP contribution >= 0.6 is 11.6 Å². The minimum atomic E-state index is -4.47. The maximum Gasteiger partial charge on any atom is 0.264 e. The maximum absolute atomic E-state index is 15.1. The summed E-state index contributed by atoms with van der Waals surface area (Å²) in [6, 6.07) is 20.2. The molecule has 1 unspecified atom stereocenters. The van der Waals surface area contributed by atoms with Gasteiger partial charge in [0.1, 0.15) is 17.5 Å². The zero-order valence-electron chi connectivity index (χ0n) is 23.0. The molecule has 0 aliphatic rings. The van der Waals surface area contributed by atoms with Crippen molar-refractivity contribution in [3.05, 3.63) is 130 Å². The Morgan fingerprint density at radius 2 is 1.52 bits per heavy atom. The summed E-state index contributed by atoms with van der Waals surface area (Å²) < 4.78 is 72.3. The van der Waals surface area contributed by atoms with E-state index in [1.54, 1.807) is 0 Å². The molecule has 2 atom stereocenters. The van der Waals surface area contributed by atoms with Gasteiger partial charge in [-0.2, -0.15) is 0 Å². The fourth-order valence-electron chi connectivity index (χ4n) is 4.75. The average Bonchev–Trinajstić information content (AvgIpc) is 2.97. The van der Waals surface area contributed by atoms with Crippen LogP contribution in [-0.2, 0) is 21.2 Å². The highest BCUT2D eigenvalue weighted by Gasteiger charge is 2.33. The molecule has 10 heteroatoms. The van der Waals surface area contributed by atoms with Crippen LogP contribution in [0.5, 0.6) is 0 Å². The number of hydrogen-bond acceptors (Lipinski definition) is 3. The number of nitrogens with zero attached hydrogens (tertiary/aromatic N) is 1. The number of anilines is 1. The number of halogens is 4. The smallest absolute Gasteiger partial charge is 0.264 e. The molecule has 0 radical (unpaired) electrons. The minimum Gasteiger partial charge on any atom is -0.355 e. The number of aryl methyl sites for hydroxylation is 1. The second-order valence-corrected chi connectivity index (χ2v) is 12.2. The van der Waals surface area contributed by atoms with Gasteiger partial charge in [0.2, 0.25) is 5.91 Å². The number of carbonyl (C=O) groups excluding carboxylic acids is 1. The van der Waals surface area contributed by atoms with Crippen LogP contribution in [0, 0.1) is 17.5 Å². The summed E-state index contributed by atoms with van der Waals surface area (Å²) in [7, 11) is -4.47. The van der Waals surface area contributed by atoms with Crippen molar-refractivity contribution in [1.82, 2.24) is 5.32 Å². The monoisotopic (exact) mass is 614 g/mol. The third kappa shape index (κ3) is 7.33. The lowest BCUT2D eigenvalue weighted by Gasteiger charge is -2.32. The normalized spacial score (nSPS) is 12.9. The van der Waals surface area contributed by atoms with Crippen molar-refractivity contribution in [2.24, 2.45) is 0 Å². The highest BCUT2D eigenvalue weighted by Crippen LogP contribution is 2.37. The van der Waals surface area contributed by atoms with Crippen LogP contribution in [0.15, 0.2) is 95.9 Å². The molecule has 0 aromatic heterocycles. The number of carbonyl (C=O) groups is 1. The molecule has 0 saturated heterocycles. The van der Waals surface area contributed by atoms with E-state index in [0.717, 1.165) is 34.1 Å². The van der Waals surface area contributed by atoms with E-state index in [0.29, 0.717) is 22.7 Å². The van der Waals surface area contributed by atoms with Gasteiger partial charge in [0.25, 0.3) is 10.0 Å². The van der Waals surface area contributed by atoms with E-state index in [9.17, 15) is 22.0 Å². The van der Waals surface area contributed by atoms with Crippen LogP contribution in [0.2, 0.25) is 5.02 Å². The van der Waals surface area contributed by atoms with Gasteiger partial charge >= 0.3 is 0 Å². The van der Waals surface area contributed by atoms with Crippen molar-refractivity contribution in [1.29, 1.82) is 0 Å². The first kappa shape index (κ1) is 31.1. The molecule has 4 aromatic rings. The molecule has 220 valence electrons. The van der Waals surface area contributed by atoms with Gasteiger partial charge in [0, 0.05) is 24.1 Å². The van der Waals surface area contributed by atoms with Crippen molar-refractivity contribution < 1.29 is 26.4 Å². The van der Waals surface area contributed by atoms with Crippen molar-refractivity contribution in [2.45, 2.75) is 43.5 Å².